The van der Waals surface area contributed by atoms with Gasteiger partial charge in [0.1, 0.15) is 11.5 Å². The molecule has 0 aliphatic heterocycles. The lowest BCUT2D eigenvalue weighted by molar-refractivity contribution is 0.415. The zero-order valence-corrected chi connectivity index (χ0v) is 15.2. The lowest BCUT2D eigenvalue weighted by Gasteiger charge is -2.06. The first-order valence-corrected chi connectivity index (χ1v) is 8.93. The minimum absolute atomic E-state index is 0.829. The topological polar surface area (TPSA) is 38.5 Å². The van der Waals surface area contributed by atoms with E-state index in [1.807, 2.05) is 24.3 Å². The number of hydrogen-bond donors (Lipinski definition) is 1. The van der Waals surface area contributed by atoms with Gasteiger partial charge < -0.3 is 9.30 Å². The van der Waals surface area contributed by atoms with E-state index in [4.69, 9.17) is 9.84 Å². The van der Waals surface area contributed by atoms with Crippen molar-refractivity contribution in [3.8, 4) is 17.0 Å². The summed E-state index contributed by atoms with van der Waals surface area (Å²) in [5.74, 6) is 0.829. The van der Waals surface area contributed by atoms with Crippen LogP contribution in [0.1, 0.15) is 11.1 Å². The molecule has 0 atom stereocenters. The standard InChI is InChI=1S/C23H19N3O/c1-26-20-10-6-5-9-19(20)21-22(17-7-3-4-8-18(17)23(21)26)25-24-15-11-13-16(27-2)14-12-15/h3-14,24H,1-2H3/b25-22+. The molecule has 4 nitrogen and oxygen atoms in total. The summed E-state index contributed by atoms with van der Waals surface area (Å²) in [4.78, 5) is 0. The molecule has 3 aromatic carbocycles. The van der Waals surface area contributed by atoms with Crippen LogP contribution in [0.5, 0.6) is 5.75 Å². The van der Waals surface area contributed by atoms with Crippen molar-refractivity contribution in [3.05, 3.63) is 83.9 Å². The summed E-state index contributed by atoms with van der Waals surface area (Å²) in [5, 5.41) is 6.03. The highest BCUT2D eigenvalue weighted by molar-refractivity contribution is 6.30. The molecule has 0 spiro atoms. The molecule has 132 valence electrons. The fraction of sp³-hybridized carbons (Fsp3) is 0.0870. The predicted molar refractivity (Wildman–Crippen MR) is 111 cm³/mol. The van der Waals surface area contributed by atoms with Crippen LogP contribution in [0.2, 0.25) is 0 Å². The number of rotatable bonds is 3. The highest BCUT2D eigenvalue weighted by atomic mass is 16.5. The van der Waals surface area contributed by atoms with Crippen LogP contribution in [0.25, 0.3) is 22.2 Å². The van der Waals surface area contributed by atoms with Gasteiger partial charge >= 0.3 is 0 Å². The van der Waals surface area contributed by atoms with E-state index >= 15 is 0 Å². The average Bonchev–Trinajstić information content (AvgIpc) is 3.21. The first kappa shape index (κ1) is 15.7. The molecule has 0 radical (unpaired) electrons. The Bertz CT molecular complexity index is 1190. The van der Waals surface area contributed by atoms with E-state index in [0.717, 1.165) is 22.7 Å². The third-order valence-electron chi connectivity index (χ3n) is 5.17. The maximum atomic E-state index is 5.22. The van der Waals surface area contributed by atoms with Crippen LogP contribution < -0.4 is 10.2 Å². The van der Waals surface area contributed by atoms with Gasteiger partial charge in [0.15, 0.2) is 0 Å². The minimum atomic E-state index is 0.829. The van der Waals surface area contributed by atoms with Crippen molar-refractivity contribution in [1.82, 2.24) is 4.57 Å². The molecular formula is C23H19N3O. The number of nitrogens with one attached hydrogen (secondary N) is 1. The molecule has 4 heteroatoms. The second-order valence-electron chi connectivity index (χ2n) is 6.65. The molecule has 0 saturated carbocycles. The van der Waals surface area contributed by atoms with E-state index in [-0.39, 0.29) is 0 Å². The fourth-order valence-corrected chi connectivity index (χ4v) is 3.88. The molecule has 0 amide bonds. The molecule has 0 unspecified atom stereocenters. The van der Waals surface area contributed by atoms with Gasteiger partial charge in [-0.05, 0) is 30.3 Å². The second kappa shape index (κ2) is 6.02. The van der Waals surface area contributed by atoms with Crippen molar-refractivity contribution in [3.63, 3.8) is 0 Å². The Morgan fingerprint density at radius 1 is 0.852 bits per heavy atom. The number of nitrogens with zero attached hydrogens (tertiary/aromatic N) is 2. The molecular weight excluding hydrogens is 334 g/mol. The summed E-state index contributed by atoms with van der Waals surface area (Å²) in [6.45, 7) is 0. The molecule has 0 saturated heterocycles. The molecule has 0 fully saturated rings. The summed E-state index contributed by atoms with van der Waals surface area (Å²) in [7, 11) is 3.79. The molecule has 5 rings (SSSR count). The van der Waals surface area contributed by atoms with Gasteiger partial charge in [0.25, 0.3) is 0 Å². The van der Waals surface area contributed by atoms with Crippen molar-refractivity contribution < 1.29 is 4.74 Å². The molecule has 1 aliphatic carbocycles. The van der Waals surface area contributed by atoms with Crippen molar-refractivity contribution in [2.75, 3.05) is 12.5 Å². The number of benzene rings is 3. The summed E-state index contributed by atoms with van der Waals surface area (Å²) < 4.78 is 7.49. The third-order valence-corrected chi connectivity index (χ3v) is 5.17. The first-order valence-electron chi connectivity index (χ1n) is 8.93. The molecule has 0 bridgehead atoms. The van der Waals surface area contributed by atoms with Gasteiger partial charge in [0.05, 0.1) is 18.5 Å². The zero-order chi connectivity index (χ0) is 18.4. The Kier molecular flexibility index (Phi) is 3.50. The number of methoxy groups -OCH3 is 1. The maximum Gasteiger partial charge on any atom is 0.119 e. The van der Waals surface area contributed by atoms with Gasteiger partial charge in [0, 0.05) is 34.6 Å². The van der Waals surface area contributed by atoms with E-state index in [0.29, 0.717) is 0 Å². The quantitative estimate of drug-likeness (QED) is 0.462. The number of fused-ring (bicyclic) bond motifs is 5. The first-order chi connectivity index (χ1) is 13.3. The number of hydrazone groups is 1. The van der Waals surface area contributed by atoms with E-state index < -0.39 is 0 Å². The van der Waals surface area contributed by atoms with Gasteiger partial charge in [0.2, 0.25) is 0 Å². The van der Waals surface area contributed by atoms with E-state index in [9.17, 15) is 0 Å². The fourth-order valence-electron chi connectivity index (χ4n) is 3.88. The Morgan fingerprint density at radius 2 is 1.56 bits per heavy atom. The summed E-state index contributed by atoms with van der Waals surface area (Å²) in [6, 6.07) is 24.7. The zero-order valence-electron chi connectivity index (χ0n) is 15.2. The van der Waals surface area contributed by atoms with Crippen LogP contribution in [0.3, 0.4) is 0 Å². The largest absolute Gasteiger partial charge is 0.497 e. The van der Waals surface area contributed by atoms with Gasteiger partial charge in [-0.3, -0.25) is 5.43 Å². The number of aryl methyl sites for hydroxylation is 1. The molecule has 1 heterocycles. The molecule has 4 aromatic rings. The van der Waals surface area contributed by atoms with Crippen molar-refractivity contribution >= 4 is 22.3 Å². The molecule has 1 aliphatic rings. The minimum Gasteiger partial charge on any atom is -0.497 e. The summed E-state index contributed by atoms with van der Waals surface area (Å²) in [5.41, 5.74) is 11.1. The number of aromatic nitrogens is 1. The normalized spacial score (nSPS) is 13.6. The van der Waals surface area contributed by atoms with Gasteiger partial charge in [-0.1, -0.05) is 42.5 Å². The van der Waals surface area contributed by atoms with Crippen LogP contribution in [0, 0.1) is 0 Å². The lowest BCUT2D eigenvalue weighted by Crippen LogP contribution is -2.02. The predicted octanol–water partition coefficient (Wildman–Crippen LogP) is 5.03. The van der Waals surface area contributed by atoms with Crippen molar-refractivity contribution in [2.45, 2.75) is 0 Å². The van der Waals surface area contributed by atoms with Gasteiger partial charge in [-0.2, -0.15) is 5.10 Å². The number of para-hydroxylation sites is 1. The Hall–Kier alpha value is -3.53. The Balaban J connectivity index is 1.67. The average molecular weight is 353 g/mol. The van der Waals surface area contributed by atoms with Gasteiger partial charge in [-0.15, -0.1) is 0 Å². The SMILES string of the molecule is COc1ccc(N/N=C2\c3ccccc3-c3c2c2ccccc2n3C)cc1. The van der Waals surface area contributed by atoms with E-state index in [2.05, 4.69) is 65.6 Å². The Morgan fingerprint density at radius 3 is 2.33 bits per heavy atom. The smallest absolute Gasteiger partial charge is 0.119 e. The maximum absolute atomic E-state index is 5.22. The van der Waals surface area contributed by atoms with Crippen LogP contribution >= 0.6 is 0 Å². The van der Waals surface area contributed by atoms with Crippen LogP contribution in [-0.2, 0) is 7.05 Å². The van der Waals surface area contributed by atoms with Gasteiger partial charge in [-0.25, -0.2) is 0 Å². The highest BCUT2D eigenvalue weighted by Crippen LogP contribution is 2.42. The van der Waals surface area contributed by atoms with E-state index in [1.54, 1.807) is 7.11 Å². The summed E-state index contributed by atoms with van der Waals surface area (Å²) in [6.07, 6.45) is 0. The third kappa shape index (κ3) is 2.34. The molecule has 1 N–H and O–H groups in total. The van der Waals surface area contributed by atoms with Crippen LogP contribution in [0.4, 0.5) is 5.69 Å². The Labute approximate surface area is 157 Å². The lowest BCUT2D eigenvalue weighted by atomic mass is 10.1. The highest BCUT2D eigenvalue weighted by Gasteiger charge is 2.30. The number of ether oxygens (including phenoxy) is 1. The van der Waals surface area contributed by atoms with Crippen LogP contribution in [0.15, 0.2) is 77.9 Å². The van der Waals surface area contributed by atoms with Crippen LogP contribution in [-0.4, -0.2) is 17.4 Å². The van der Waals surface area contributed by atoms with Crippen molar-refractivity contribution in [1.29, 1.82) is 0 Å². The molecule has 27 heavy (non-hydrogen) atoms. The van der Waals surface area contributed by atoms with E-state index in [1.165, 1.54) is 27.7 Å². The monoisotopic (exact) mass is 353 g/mol. The second-order valence-corrected chi connectivity index (χ2v) is 6.65. The number of hydrogen-bond acceptors (Lipinski definition) is 3. The van der Waals surface area contributed by atoms with Crippen molar-refractivity contribution in [2.24, 2.45) is 12.1 Å². The summed E-state index contributed by atoms with van der Waals surface area (Å²) >= 11 is 0. The molecule has 1 aromatic heterocycles. The number of anilines is 1.